The Labute approximate surface area is 94.0 Å². The number of ether oxygens (including phenoxy) is 1. The first-order valence-electron chi connectivity index (χ1n) is 5.53. The Morgan fingerprint density at radius 2 is 1.88 bits per heavy atom. The van der Waals surface area contributed by atoms with Gasteiger partial charge in [0.1, 0.15) is 5.75 Å². The van der Waals surface area contributed by atoms with E-state index in [1.165, 1.54) is 0 Å². The second-order valence-electron chi connectivity index (χ2n) is 4.49. The number of rotatable bonds is 1. The number of likely N-dealkylation sites (tertiary alicyclic amines) is 1. The lowest BCUT2D eigenvalue weighted by Crippen LogP contribution is -2.35. The zero-order valence-corrected chi connectivity index (χ0v) is 8.87. The fraction of sp³-hybridized carbons (Fsp3) is 0.417. The Kier molecular flexibility index (Phi) is 2.11. The quantitative estimate of drug-likeness (QED) is 0.767. The number of fused-ring (bicyclic) bond motifs is 1. The first kappa shape index (κ1) is 9.66. The molecule has 2 unspecified atom stereocenters. The zero-order chi connectivity index (χ0) is 11.1. The third-order valence-electron chi connectivity index (χ3n) is 3.47. The van der Waals surface area contributed by atoms with Crippen LogP contribution in [0.1, 0.15) is 0 Å². The Balaban J connectivity index is 1.59. The molecule has 16 heavy (non-hydrogen) atoms. The normalized spacial score (nSPS) is 31.1. The van der Waals surface area contributed by atoms with Crippen molar-refractivity contribution in [2.75, 3.05) is 13.1 Å². The van der Waals surface area contributed by atoms with Crippen molar-refractivity contribution in [1.82, 2.24) is 4.90 Å². The van der Waals surface area contributed by atoms with E-state index in [0.29, 0.717) is 23.6 Å². The van der Waals surface area contributed by atoms with Crippen LogP contribution in [0.25, 0.3) is 0 Å². The topological polar surface area (TPSA) is 55.6 Å². The van der Waals surface area contributed by atoms with E-state index in [2.05, 4.69) is 0 Å². The molecule has 1 aliphatic carbocycles. The molecule has 1 saturated carbocycles. The fourth-order valence-electron chi connectivity index (χ4n) is 2.38. The summed E-state index contributed by atoms with van der Waals surface area (Å²) in [7, 11) is 0. The van der Waals surface area contributed by atoms with Gasteiger partial charge in [0.2, 0.25) is 0 Å². The van der Waals surface area contributed by atoms with E-state index >= 15 is 0 Å². The van der Waals surface area contributed by atoms with Gasteiger partial charge in [0.05, 0.1) is 0 Å². The van der Waals surface area contributed by atoms with E-state index in [-0.39, 0.29) is 6.09 Å². The number of carbonyl (C=O) groups excluding carboxylic acids is 1. The molecule has 1 aliphatic heterocycles. The van der Waals surface area contributed by atoms with E-state index in [4.69, 9.17) is 10.5 Å². The maximum atomic E-state index is 11.8. The summed E-state index contributed by atoms with van der Waals surface area (Å²) < 4.78 is 5.25. The molecule has 2 N–H and O–H groups in total. The van der Waals surface area contributed by atoms with E-state index in [0.717, 1.165) is 13.1 Å². The molecule has 4 heteroatoms. The average Bonchev–Trinajstić information content (AvgIpc) is 2.76. The van der Waals surface area contributed by atoms with Gasteiger partial charge < -0.3 is 15.4 Å². The zero-order valence-electron chi connectivity index (χ0n) is 8.87. The lowest BCUT2D eigenvalue weighted by molar-refractivity contribution is 0.157. The van der Waals surface area contributed by atoms with Crippen molar-refractivity contribution in [1.29, 1.82) is 0 Å². The number of benzene rings is 1. The summed E-state index contributed by atoms with van der Waals surface area (Å²) in [4.78, 5) is 13.5. The third-order valence-corrected chi connectivity index (χ3v) is 3.47. The highest BCUT2D eigenvalue weighted by Gasteiger charge is 2.55. The molecule has 2 atom stereocenters. The van der Waals surface area contributed by atoms with Crippen LogP contribution < -0.4 is 10.5 Å². The average molecular weight is 218 g/mol. The van der Waals surface area contributed by atoms with Crippen LogP contribution in [0.5, 0.6) is 5.75 Å². The van der Waals surface area contributed by atoms with E-state index in [1.54, 1.807) is 17.0 Å². The van der Waals surface area contributed by atoms with E-state index in [1.807, 2.05) is 18.2 Å². The monoisotopic (exact) mass is 218 g/mol. The van der Waals surface area contributed by atoms with Crippen molar-refractivity contribution in [3.05, 3.63) is 30.3 Å². The summed E-state index contributed by atoms with van der Waals surface area (Å²) in [5.41, 5.74) is 5.81. The molecule has 1 heterocycles. The number of hydrogen-bond acceptors (Lipinski definition) is 3. The molecule has 1 aromatic carbocycles. The first-order valence-corrected chi connectivity index (χ1v) is 5.53. The van der Waals surface area contributed by atoms with Crippen molar-refractivity contribution >= 4 is 6.09 Å². The number of hydrogen-bond donors (Lipinski definition) is 1. The molecule has 0 aromatic heterocycles. The van der Waals surface area contributed by atoms with Crippen molar-refractivity contribution in [3.63, 3.8) is 0 Å². The Hall–Kier alpha value is -1.55. The van der Waals surface area contributed by atoms with Gasteiger partial charge in [0, 0.05) is 19.1 Å². The molecule has 1 amide bonds. The van der Waals surface area contributed by atoms with Crippen molar-refractivity contribution in [2.45, 2.75) is 6.04 Å². The minimum Gasteiger partial charge on any atom is -0.410 e. The lowest BCUT2D eigenvalue weighted by Gasteiger charge is -2.18. The van der Waals surface area contributed by atoms with Gasteiger partial charge in [-0.3, -0.25) is 0 Å². The van der Waals surface area contributed by atoms with Gasteiger partial charge >= 0.3 is 6.09 Å². The summed E-state index contributed by atoms with van der Waals surface area (Å²) in [6.07, 6.45) is -0.259. The highest BCUT2D eigenvalue weighted by Crippen LogP contribution is 2.43. The van der Waals surface area contributed by atoms with Gasteiger partial charge in [-0.2, -0.15) is 0 Å². The summed E-state index contributed by atoms with van der Waals surface area (Å²) >= 11 is 0. The number of nitrogens with zero attached hydrogens (tertiary/aromatic N) is 1. The predicted molar refractivity (Wildman–Crippen MR) is 59.0 cm³/mol. The first-order chi connectivity index (χ1) is 7.75. The fourth-order valence-corrected chi connectivity index (χ4v) is 2.38. The van der Waals surface area contributed by atoms with Gasteiger partial charge in [-0.15, -0.1) is 0 Å². The Morgan fingerprint density at radius 3 is 2.50 bits per heavy atom. The molecule has 2 aliphatic rings. The van der Waals surface area contributed by atoms with E-state index < -0.39 is 0 Å². The molecule has 0 bridgehead atoms. The molecule has 3 rings (SSSR count). The van der Waals surface area contributed by atoms with Crippen LogP contribution in [0.3, 0.4) is 0 Å². The molecule has 1 saturated heterocycles. The van der Waals surface area contributed by atoms with Gasteiger partial charge in [0.25, 0.3) is 0 Å². The number of carbonyl (C=O) groups is 1. The predicted octanol–water partition coefficient (Wildman–Crippen LogP) is 1.07. The number of nitrogens with two attached hydrogens (primary N) is 1. The third kappa shape index (κ3) is 1.55. The Bertz CT molecular complexity index is 395. The summed E-state index contributed by atoms with van der Waals surface area (Å²) in [5, 5.41) is 0. The molecule has 1 aromatic rings. The molecule has 4 nitrogen and oxygen atoms in total. The van der Waals surface area contributed by atoms with Gasteiger partial charge in [0.15, 0.2) is 0 Å². The van der Waals surface area contributed by atoms with Crippen molar-refractivity contribution in [3.8, 4) is 5.75 Å². The lowest BCUT2D eigenvalue weighted by atomic mass is 10.3. The van der Waals surface area contributed by atoms with Gasteiger partial charge in [-0.05, 0) is 24.0 Å². The SMILES string of the molecule is NC1C2CN(C(=O)Oc3ccccc3)CC12. The number of piperidine rings is 1. The number of para-hydroxylation sites is 1. The van der Waals surface area contributed by atoms with Crippen molar-refractivity contribution < 1.29 is 9.53 Å². The summed E-state index contributed by atoms with van der Waals surface area (Å²) in [6.45, 7) is 1.50. The molecule has 84 valence electrons. The number of amides is 1. The van der Waals surface area contributed by atoms with E-state index in [9.17, 15) is 4.79 Å². The largest absolute Gasteiger partial charge is 0.415 e. The minimum atomic E-state index is -0.259. The van der Waals surface area contributed by atoms with Crippen LogP contribution in [0.15, 0.2) is 30.3 Å². The molecular formula is C12H14N2O2. The van der Waals surface area contributed by atoms with Crippen molar-refractivity contribution in [2.24, 2.45) is 17.6 Å². The summed E-state index contributed by atoms with van der Waals surface area (Å²) in [6, 6.07) is 9.45. The smallest absolute Gasteiger partial charge is 0.410 e. The molecular weight excluding hydrogens is 204 g/mol. The van der Waals surface area contributed by atoms with Crippen LogP contribution in [0.2, 0.25) is 0 Å². The molecule has 0 spiro atoms. The van der Waals surface area contributed by atoms with Gasteiger partial charge in [-0.1, -0.05) is 18.2 Å². The van der Waals surface area contributed by atoms with Gasteiger partial charge in [-0.25, -0.2) is 4.79 Å². The van der Waals surface area contributed by atoms with Crippen LogP contribution in [-0.4, -0.2) is 30.1 Å². The summed E-state index contributed by atoms with van der Waals surface area (Å²) in [5.74, 6) is 1.60. The second kappa shape index (κ2) is 3.49. The second-order valence-corrected chi connectivity index (χ2v) is 4.49. The van der Waals surface area contributed by atoms with Crippen LogP contribution in [-0.2, 0) is 0 Å². The highest BCUT2D eigenvalue weighted by atomic mass is 16.6. The van der Waals surface area contributed by atoms with Crippen LogP contribution in [0.4, 0.5) is 4.79 Å². The minimum absolute atomic E-state index is 0.259. The molecule has 2 fully saturated rings. The van der Waals surface area contributed by atoms with Crippen LogP contribution >= 0.6 is 0 Å². The maximum absolute atomic E-state index is 11.8. The molecule has 0 radical (unpaired) electrons. The highest BCUT2D eigenvalue weighted by molar-refractivity contribution is 5.71. The maximum Gasteiger partial charge on any atom is 0.415 e. The standard InChI is InChI=1S/C12H14N2O2/c13-11-9-6-14(7-10(9)11)12(15)16-8-4-2-1-3-5-8/h1-5,9-11H,6-7,13H2. The van der Waals surface area contributed by atoms with Crippen LogP contribution in [0, 0.1) is 11.8 Å². The Morgan fingerprint density at radius 1 is 1.25 bits per heavy atom.